The fourth-order valence-corrected chi connectivity index (χ4v) is 4.79. The number of nitrogens with zero attached hydrogens (tertiary/aromatic N) is 1. The van der Waals surface area contributed by atoms with Gasteiger partial charge in [-0.15, -0.1) is 0 Å². The van der Waals surface area contributed by atoms with E-state index < -0.39 is 28.3 Å². The lowest BCUT2D eigenvalue weighted by Gasteiger charge is -2.42. The van der Waals surface area contributed by atoms with Crippen molar-refractivity contribution in [3.63, 3.8) is 0 Å². The standard InChI is InChI=1S/C23H25Cl2NO7/c1-4-32-21(27)16-11-19(26(28)29)20(12-18(16)25)33-13-23(22(30-2)31-3)9-5-6-14-10-15(24)7-8-17(14)23/h7-8,10-12,22H,4-6,9,13H2,1-3H3/t23-/m0/s1. The van der Waals surface area contributed by atoms with Crippen LogP contribution in [0.3, 0.4) is 0 Å². The highest BCUT2D eigenvalue weighted by atomic mass is 35.5. The molecule has 3 rings (SSSR count). The van der Waals surface area contributed by atoms with E-state index >= 15 is 0 Å². The van der Waals surface area contributed by atoms with Gasteiger partial charge in [-0.2, -0.15) is 0 Å². The minimum atomic E-state index is -0.748. The number of hydrogen-bond donors (Lipinski definition) is 0. The van der Waals surface area contributed by atoms with Gasteiger partial charge < -0.3 is 18.9 Å². The number of fused-ring (bicyclic) bond motifs is 1. The lowest BCUT2D eigenvalue weighted by atomic mass is 9.69. The van der Waals surface area contributed by atoms with Crippen LogP contribution in [-0.2, 0) is 26.0 Å². The molecule has 10 heteroatoms. The molecule has 0 aromatic heterocycles. The summed E-state index contributed by atoms with van der Waals surface area (Å²) >= 11 is 12.4. The van der Waals surface area contributed by atoms with Gasteiger partial charge in [-0.1, -0.05) is 29.3 Å². The molecule has 0 saturated heterocycles. The average Bonchev–Trinajstić information content (AvgIpc) is 2.78. The number of hydrogen-bond acceptors (Lipinski definition) is 7. The molecule has 0 fully saturated rings. The molecule has 0 amide bonds. The van der Waals surface area contributed by atoms with E-state index in [2.05, 4.69) is 0 Å². The van der Waals surface area contributed by atoms with Gasteiger partial charge in [0, 0.05) is 31.4 Å². The van der Waals surface area contributed by atoms with E-state index in [9.17, 15) is 14.9 Å². The highest BCUT2D eigenvalue weighted by molar-refractivity contribution is 6.33. The van der Waals surface area contributed by atoms with Crippen LogP contribution in [0.2, 0.25) is 10.0 Å². The number of esters is 1. The van der Waals surface area contributed by atoms with Crippen LogP contribution in [-0.4, -0.2) is 44.6 Å². The maximum Gasteiger partial charge on any atom is 0.339 e. The maximum atomic E-state index is 12.1. The largest absolute Gasteiger partial charge is 0.486 e. The highest BCUT2D eigenvalue weighted by Crippen LogP contribution is 2.44. The second-order valence-corrected chi connectivity index (χ2v) is 8.52. The summed E-state index contributed by atoms with van der Waals surface area (Å²) in [5.41, 5.74) is 0.750. The monoisotopic (exact) mass is 497 g/mol. The number of nitro groups is 1. The molecule has 0 aliphatic heterocycles. The Balaban J connectivity index is 2.03. The zero-order valence-corrected chi connectivity index (χ0v) is 20.1. The average molecular weight is 498 g/mol. The lowest BCUT2D eigenvalue weighted by molar-refractivity contribution is -0.386. The summed E-state index contributed by atoms with van der Waals surface area (Å²) < 4.78 is 22.2. The minimum Gasteiger partial charge on any atom is -0.486 e. The third kappa shape index (κ3) is 5.09. The van der Waals surface area contributed by atoms with Crippen LogP contribution in [0.5, 0.6) is 5.75 Å². The highest BCUT2D eigenvalue weighted by Gasteiger charge is 2.46. The van der Waals surface area contributed by atoms with E-state index in [1.165, 1.54) is 20.3 Å². The zero-order valence-electron chi connectivity index (χ0n) is 18.6. The van der Waals surface area contributed by atoms with Crippen molar-refractivity contribution in [1.82, 2.24) is 0 Å². The van der Waals surface area contributed by atoms with E-state index in [1.807, 2.05) is 12.1 Å². The van der Waals surface area contributed by atoms with E-state index in [0.717, 1.165) is 30.0 Å². The predicted octanol–water partition coefficient (Wildman–Crippen LogP) is 5.35. The van der Waals surface area contributed by atoms with Crippen molar-refractivity contribution < 1.29 is 28.7 Å². The van der Waals surface area contributed by atoms with Gasteiger partial charge in [0.25, 0.3) is 0 Å². The van der Waals surface area contributed by atoms with E-state index in [0.29, 0.717) is 11.4 Å². The van der Waals surface area contributed by atoms with Crippen molar-refractivity contribution in [2.45, 2.75) is 37.9 Å². The Hall–Kier alpha value is -2.39. The van der Waals surface area contributed by atoms with Gasteiger partial charge in [0.2, 0.25) is 0 Å². The Morgan fingerprint density at radius 1 is 1.21 bits per heavy atom. The van der Waals surface area contributed by atoms with E-state index in [4.69, 9.17) is 42.1 Å². The second-order valence-electron chi connectivity index (χ2n) is 7.68. The Kier molecular flexibility index (Phi) is 8.18. The smallest absolute Gasteiger partial charge is 0.339 e. The summed E-state index contributed by atoms with van der Waals surface area (Å²) in [6.07, 6.45) is 1.64. The molecule has 0 saturated carbocycles. The van der Waals surface area contributed by atoms with Crippen molar-refractivity contribution in [3.05, 3.63) is 67.2 Å². The molecule has 178 valence electrons. The van der Waals surface area contributed by atoms with E-state index in [-0.39, 0.29) is 29.5 Å². The normalized spacial score (nSPS) is 17.5. The molecule has 2 aromatic rings. The summed E-state index contributed by atoms with van der Waals surface area (Å²) in [4.78, 5) is 23.2. The molecule has 0 N–H and O–H groups in total. The predicted molar refractivity (Wildman–Crippen MR) is 123 cm³/mol. The number of carbonyl (C=O) groups excluding carboxylic acids is 1. The molecule has 0 spiro atoms. The number of halogens is 2. The molecule has 33 heavy (non-hydrogen) atoms. The second kappa shape index (κ2) is 10.7. The summed E-state index contributed by atoms with van der Waals surface area (Å²) in [5, 5.41) is 12.4. The first-order chi connectivity index (χ1) is 15.8. The number of benzene rings is 2. The van der Waals surface area contributed by atoms with Crippen molar-refractivity contribution in [2.24, 2.45) is 0 Å². The topological polar surface area (TPSA) is 97.1 Å². The Labute approximate surface area is 201 Å². The fourth-order valence-electron chi connectivity index (χ4n) is 4.37. The van der Waals surface area contributed by atoms with Crippen molar-refractivity contribution >= 4 is 34.9 Å². The number of rotatable bonds is 9. The maximum absolute atomic E-state index is 12.1. The minimum absolute atomic E-state index is 0.00559. The molecule has 0 radical (unpaired) electrons. The van der Waals surface area contributed by atoms with Crippen LogP contribution in [0, 0.1) is 10.1 Å². The van der Waals surface area contributed by atoms with Crippen LogP contribution in [0.4, 0.5) is 5.69 Å². The molecule has 1 atom stereocenters. The molecule has 8 nitrogen and oxygen atoms in total. The molecule has 1 aliphatic carbocycles. The molecular weight excluding hydrogens is 473 g/mol. The molecule has 0 bridgehead atoms. The van der Waals surface area contributed by atoms with Crippen molar-refractivity contribution in [3.8, 4) is 5.75 Å². The number of carbonyl (C=O) groups is 1. The zero-order chi connectivity index (χ0) is 24.2. The van der Waals surface area contributed by atoms with Crippen molar-refractivity contribution in [2.75, 3.05) is 27.4 Å². The van der Waals surface area contributed by atoms with Crippen molar-refractivity contribution in [1.29, 1.82) is 0 Å². The third-order valence-corrected chi connectivity index (χ3v) is 6.33. The molecule has 2 aromatic carbocycles. The van der Waals surface area contributed by atoms with Crippen LogP contribution >= 0.6 is 23.2 Å². The van der Waals surface area contributed by atoms with Crippen LogP contribution in [0.25, 0.3) is 0 Å². The Morgan fingerprint density at radius 2 is 1.94 bits per heavy atom. The lowest BCUT2D eigenvalue weighted by Crippen LogP contribution is -2.49. The summed E-state index contributed by atoms with van der Waals surface area (Å²) in [5.74, 6) is -0.810. The summed E-state index contributed by atoms with van der Waals surface area (Å²) in [6, 6.07) is 7.94. The molecule has 0 heterocycles. The Bertz CT molecular complexity index is 1040. The van der Waals surface area contributed by atoms with Gasteiger partial charge in [-0.3, -0.25) is 10.1 Å². The number of methoxy groups -OCH3 is 2. The van der Waals surface area contributed by atoms with Gasteiger partial charge in [0.05, 0.1) is 27.5 Å². The number of ether oxygens (including phenoxy) is 4. The van der Waals surface area contributed by atoms with Gasteiger partial charge in [0.15, 0.2) is 12.0 Å². The first kappa shape index (κ1) is 25.2. The number of aryl methyl sites for hydroxylation is 1. The van der Waals surface area contributed by atoms with Gasteiger partial charge in [-0.05, 0) is 49.4 Å². The van der Waals surface area contributed by atoms with Gasteiger partial charge in [0.1, 0.15) is 6.61 Å². The number of nitro benzene ring substituents is 1. The molecular formula is C23H25Cl2NO7. The van der Waals surface area contributed by atoms with Gasteiger partial charge in [-0.25, -0.2) is 4.79 Å². The summed E-state index contributed by atoms with van der Waals surface area (Å²) in [7, 11) is 3.07. The van der Waals surface area contributed by atoms with E-state index in [1.54, 1.807) is 13.0 Å². The SMILES string of the molecule is CCOC(=O)c1cc([N+](=O)[O-])c(OC[C@@]2(C(OC)OC)CCCc3cc(Cl)ccc32)cc1Cl. The molecule has 0 unspecified atom stereocenters. The third-order valence-electron chi connectivity index (χ3n) is 5.78. The molecule has 1 aliphatic rings. The Morgan fingerprint density at radius 3 is 2.58 bits per heavy atom. The summed E-state index contributed by atoms with van der Waals surface area (Å²) in [6.45, 7) is 1.76. The van der Waals surface area contributed by atoms with Crippen LogP contribution in [0.15, 0.2) is 30.3 Å². The van der Waals surface area contributed by atoms with Gasteiger partial charge >= 0.3 is 11.7 Å². The first-order valence-electron chi connectivity index (χ1n) is 10.4. The van der Waals surface area contributed by atoms with Crippen LogP contribution < -0.4 is 4.74 Å². The first-order valence-corrected chi connectivity index (χ1v) is 11.1. The van der Waals surface area contributed by atoms with Crippen LogP contribution in [0.1, 0.15) is 41.3 Å². The quantitative estimate of drug-likeness (QED) is 0.199. The fraction of sp³-hybridized carbons (Fsp3) is 0.435.